The van der Waals surface area contributed by atoms with Gasteiger partial charge in [-0.2, -0.15) is 0 Å². The molecule has 25 heavy (non-hydrogen) atoms. The molecule has 0 radical (unpaired) electrons. The van der Waals surface area contributed by atoms with Crippen molar-refractivity contribution in [2.75, 3.05) is 7.11 Å². The number of hydrogen-bond donors (Lipinski definition) is 1. The van der Waals surface area contributed by atoms with Crippen molar-refractivity contribution < 1.29 is 23.4 Å². The van der Waals surface area contributed by atoms with Crippen LogP contribution in [0.1, 0.15) is 15.9 Å². The molecule has 0 saturated carbocycles. The van der Waals surface area contributed by atoms with Crippen molar-refractivity contribution in [1.29, 1.82) is 0 Å². The van der Waals surface area contributed by atoms with E-state index in [1.54, 1.807) is 30.3 Å². The minimum absolute atomic E-state index is 0.121. The summed E-state index contributed by atoms with van der Waals surface area (Å²) >= 11 is 1.43. The average Bonchev–Trinajstić information content (AvgIpc) is 3.15. The topological polar surface area (TPSA) is 59.7 Å². The molecule has 1 N–H and O–H groups in total. The third-order valence-corrected chi connectivity index (χ3v) is 4.75. The van der Waals surface area contributed by atoms with Crippen molar-refractivity contribution in [2.24, 2.45) is 0 Å². The number of phenols is 1. The number of aromatic hydroxyl groups is 1. The van der Waals surface area contributed by atoms with Crippen molar-refractivity contribution in [3.63, 3.8) is 0 Å². The normalized spacial score (nSPS) is 10.6. The van der Waals surface area contributed by atoms with E-state index in [-0.39, 0.29) is 17.1 Å². The molecular formula is C19H15FO4S. The predicted molar refractivity (Wildman–Crippen MR) is 93.1 cm³/mol. The Kier molecular flexibility index (Phi) is 5.09. The van der Waals surface area contributed by atoms with Gasteiger partial charge in [-0.3, -0.25) is 0 Å². The quantitative estimate of drug-likeness (QED) is 0.521. The fourth-order valence-electron chi connectivity index (χ4n) is 2.43. The fourth-order valence-corrected chi connectivity index (χ4v) is 3.32. The molecule has 0 fully saturated rings. The molecule has 0 spiro atoms. The van der Waals surface area contributed by atoms with Gasteiger partial charge in [-0.05, 0) is 35.9 Å². The molecule has 0 aliphatic carbocycles. The summed E-state index contributed by atoms with van der Waals surface area (Å²) in [6.45, 7) is 0. The van der Waals surface area contributed by atoms with Crippen LogP contribution in [0.5, 0.6) is 5.75 Å². The zero-order valence-corrected chi connectivity index (χ0v) is 14.2. The number of halogens is 1. The molecule has 2 aromatic carbocycles. The number of phenolic OH excluding ortho intramolecular Hbond substituents is 1. The lowest BCUT2D eigenvalue weighted by molar-refractivity contribution is 0.0596. The van der Waals surface area contributed by atoms with Crippen LogP contribution in [0.3, 0.4) is 0 Å². The molecule has 1 aromatic heterocycles. The van der Waals surface area contributed by atoms with Crippen LogP contribution in [0, 0.1) is 5.82 Å². The highest BCUT2D eigenvalue weighted by Gasteiger charge is 2.21. The summed E-state index contributed by atoms with van der Waals surface area (Å²) < 4.78 is 22.8. The summed E-state index contributed by atoms with van der Waals surface area (Å²) in [4.78, 5) is 13.0. The van der Waals surface area contributed by atoms with Gasteiger partial charge in [0, 0.05) is 21.8 Å². The zero-order chi connectivity index (χ0) is 17.8. The maximum atomic E-state index is 13.0. The van der Waals surface area contributed by atoms with Gasteiger partial charge in [0.25, 0.3) is 0 Å². The van der Waals surface area contributed by atoms with Crippen molar-refractivity contribution >= 4 is 17.7 Å². The maximum absolute atomic E-state index is 13.0. The van der Waals surface area contributed by atoms with Crippen LogP contribution in [0.4, 0.5) is 4.39 Å². The minimum atomic E-state index is -0.613. The smallest absolute Gasteiger partial charge is 0.341 e. The summed E-state index contributed by atoms with van der Waals surface area (Å²) in [5.74, 6) is -0.639. The number of hydrogen-bond acceptors (Lipinski definition) is 5. The highest BCUT2D eigenvalue weighted by Crippen LogP contribution is 2.37. The second kappa shape index (κ2) is 7.44. The van der Waals surface area contributed by atoms with Crippen LogP contribution in [0.25, 0.3) is 11.1 Å². The van der Waals surface area contributed by atoms with E-state index in [2.05, 4.69) is 0 Å². The van der Waals surface area contributed by atoms with Crippen molar-refractivity contribution in [2.45, 2.75) is 10.6 Å². The largest absolute Gasteiger partial charge is 0.506 e. The van der Waals surface area contributed by atoms with Crippen LogP contribution in [0.2, 0.25) is 0 Å². The van der Waals surface area contributed by atoms with E-state index in [4.69, 9.17) is 9.15 Å². The summed E-state index contributed by atoms with van der Waals surface area (Å²) in [7, 11) is 1.27. The molecule has 4 nitrogen and oxygen atoms in total. The molecular weight excluding hydrogens is 343 g/mol. The molecule has 3 rings (SSSR count). The van der Waals surface area contributed by atoms with Crippen molar-refractivity contribution in [3.8, 4) is 16.9 Å². The van der Waals surface area contributed by atoms with Gasteiger partial charge >= 0.3 is 5.97 Å². The number of benzene rings is 2. The molecule has 128 valence electrons. The second-order valence-corrected chi connectivity index (χ2v) is 6.29. The Bertz CT molecular complexity index is 873. The van der Waals surface area contributed by atoms with Gasteiger partial charge in [0.15, 0.2) is 0 Å². The lowest BCUT2D eigenvalue weighted by Crippen LogP contribution is -2.06. The van der Waals surface area contributed by atoms with E-state index in [0.29, 0.717) is 22.4 Å². The summed E-state index contributed by atoms with van der Waals surface area (Å²) in [5.41, 5.74) is 1.91. The van der Waals surface area contributed by atoms with Crippen molar-refractivity contribution in [3.05, 3.63) is 71.9 Å². The standard InChI is InChI=1S/C19H15FO4S/c1-23-19(22)17-13(11-25-15-5-3-14(20)4-6-15)2-7-16(18(17)21)12-8-9-24-10-12/h2-10,21H,11H2,1H3. The SMILES string of the molecule is COC(=O)c1c(CSc2ccc(F)cc2)ccc(-c2ccoc2)c1O. The molecule has 0 atom stereocenters. The Morgan fingerprint density at radius 2 is 1.96 bits per heavy atom. The first-order valence-electron chi connectivity index (χ1n) is 7.44. The van der Waals surface area contributed by atoms with Gasteiger partial charge < -0.3 is 14.3 Å². The molecule has 1 heterocycles. The zero-order valence-electron chi connectivity index (χ0n) is 13.4. The summed E-state index contributed by atoms with van der Waals surface area (Å²) in [6, 6.07) is 11.3. The number of rotatable bonds is 5. The van der Waals surface area contributed by atoms with E-state index in [1.165, 1.54) is 43.5 Å². The lowest BCUT2D eigenvalue weighted by atomic mass is 9.99. The molecule has 0 aliphatic rings. The fraction of sp³-hybridized carbons (Fsp3) is 0.105. The lowest BCUT2D eigenvalue weighted by Gasteiger charge is -2.13. The maximum Gasteiger partial charge on any atom is 0.341 e. The van der Waals surface area contributed by atoms with Crippen LogP contribution < -0.4 is 0 Å². The summed E-state index contributed by atoms with van der Waals surface area (Å²) in [6.07, 6.45) is 2.98. The molecule has 0 aliphatic heterocycles. The number of esters is 1. The van der Waals surface area contributed by atoms with E-state index < -0.39 is 5.97 Å². The highest BCUT2D eigenvalue weighted by molar-refractivity contribution is 7.98. The molecule has 0 amide bonds. The first-order valence-corrected chi connectivity index (χ1v) is 8.43. The van der Waals surface area contributed by atoms with Crippen LogP contribution in [0.15, 0.2) is 64.3 Å². The molecule has 0 saturated heterocycles. The number of carbonyl (C=O) groups excluding carboxylic acids is 1. The number of ether oxygens (including phenoxy) is 1. The van der Waals surface area contributed by atoms with Crippen LogP contribution >= 0.6 is 11.8 Å². The van der Waals surface area contributed by atoms with Gasteiger partial charge in [0.05, 0.1) is 19.6 Å². The van der Waals surface area contributed by atoms with Crippen LogP contribution in [-0.4, -0.2) is 18.2 Å². The monoisotopic (exact) mass is 358 g/mol. The van der Waals surface area contributed by atoms with E-state index in [9.17, 15) is 14.3 Å². The van der Waals surface area contributed by atoms with Gasteiger partial charge in [-0.25, -0.2) is 9.18 Å². The third kappa shape index (κ3) is 3.69. The Balaban J connectivity index is 1.94. The Hall–Kier alpha value is -2.73. The number of methoxy groups -OCH3 is 1. The predicted octanol–water partition coefficient (Wildman–Crippen LogP) is 4.87. The Morgan fingerprint density at radius 1 is 1.20 bits per heavy atom. The van der Waals surface area contributed by atoms with Gasteiger partial charge in [-0.15, -0.1) is 11.8 Å². The van der Waals surface area contributed by atoms with Gasteiger partial charge in [-0.1, -0.05) is 12.1 Å². The van der Waals surface area contributed by atoms with Crippen molar-refractivity contribution in [1.82, 2.24) is 0 Å². The number of carbonyl (C=O) groups is 1. The number of thioether (sulfide) groups is 1. The second-order valence-electron chi connectivity index (χ2n) is 5.24. The Morgan fingerprint density at radius 3 is 2.60 bits per heavy atom. The third-order valence-electron chi connectivity index (χ3n) is 3.69. The van der Waals surface area contributed by atoms with Gasteiger partial charge in [0.1, 0.15) is 17.1 Å². The number of furan rings is 1. The Labute approximate surface area is 148 Å². The minimum Gasteiger partial charge on any atom is -0.506 e. The van der Waals surface area contributed by atoms with E-state index in [1.807, 2.05) is 0 Å². The highest BCUT2D eigenvalue weighted by atomic mass is 32.2. The van der Waals surface area contributed by atoms with Crippen LogP contribution in [-0.2, 0) is 10.5 Å². The molecule has 0 unspecified atom stereocenters. The van der Waals surface area contributed by atoms with E-state index >= 15 is 0 Å². The molecule has 6 heteroatoms. The van der Waals surface area contributed by atoms with E-state index in [0.717, 1.165) is 4.90 Å². The molecule has 0 bridgehead atoms. The molecule has 3 aromatic rings. The first kappa shape index (κ1) is 17.1. The summed E-state index contributed by atoms with van der Waals surface area (Å²) in [5, 5.41) is 10.6. The van der Waals surface area contributed by atoms with Gasteiger partial charge in [0.2, 0.25) is 0 Å². The average molecular weight is 358 g/mol. The first-order chi connectivity index (χ1) is 12.1.